The number of aryl methyl sites for hydroxylation is 1. The summed E-state index contributed by atoms with van der Waals surface area (Å²) in [6.07, 6.45) is 1.19. The lowest BCUT2D eigenvalue weighted by atomic mass is 10.1. The average molecular weight is 279 g/mol. The van der Waals surface area contributed by atoms with Gasteiger partial charge in [0.15, 0.2) is 9.84 Å². The lowest BCUT2D eigenvalue weighted by Gasteiger charge is -2.14. The highest BCUT2D eigenvalue weighted by Gasteiger charge is 2.13. The third-order valence-electron chi connectivity index (χ3n) is 3.04. The van der Waals surface area contributed by atoms with Crippen molar-refractivity contribution in [1.29, 1.82) is 0 Å². The highest BCUT2D eigenvalue weighted by molar-refractivity contribution is 7.90. The molecule has 1 heterocycles. The van der Waals surface area contributed by atoms with Crippen LogP contribution in [-0.4, -0.2) is 24.5 Å². The van der Waals surface area contributed by atoms with Gasteiger partial charge in [-0.05, 0) is 31.5 Å². The number of benzene rings is 1. The topological polar surface area (TPSA) is 78.0 Å². The van der Waals surface area contributed by atoms with Crippen LogP contribution in [0.3, 0.4) is 0 Å². The monoisotopic (exact) mass is 279 g/mol. The van der Waals surface area contributed by atoms with Gasteiger partial charge in [-0.1, -0.05) is 12.1 Å². The van der Waals surface area contributed by atoms with Gasteiger partial charge < -0.3 is 5.73 Å². The minimum absolute atomic E-state index is 0.0395. The molecule has 1 atom stereocenters. The summed E-state index contributed by atoms with van der Waals surface area (Å²) in [7, 11) is -3.16. The van der Waals surface area contributed by atoms with Gasteiger partial charge >= 0.3 is 0 Å². The van der Waals surface area contributed by atoms with E-state index in [1.807, 2.05) is 13.8 Å². The molecule has 5 nitrogen and oxygen atoms in total. The van der Waals surface area contributed by atoms with Gasteiger partial charge in [-0.2, -0.15) is 5.10 Å². The first-order chi connectivity index (χ1) is 8.79. The van der Waals surface area contributed by atoms with Crippen molar-refractivity contribution in [3.05, 3.63) is 41.6 Å². The lowest BCUT2D eigenvalue weighted by molar-refractivity contribution is 0.568. The van der Waals surface area contributed by atoms with Crippen molar-refractivity contribution in [2.75, 3.05) is 12.0 Å². The third kappa shape index (κ3) is 2.78. The van der Waals surface area contributed by atoms with Crippen LogP contribution in [0.1, 0.15) is 24.2 Å². The van der Waals surface area contributed by atoms with Gasteiger partial charge in [-0.3, -0.25) is 0 Å². The fraction of sp³-hybridized carbons (Fsp3) is 0.308. The summed E-state index contributed by atoms with van der Waals surface area (Å²) in [5.41, 5.74) is 7.70. The van der Waals surface area contributed by atoms with E-state index in [2.05, 4.69) is 5.10 Å². The first kappa shape index (κ1) is 13.6. The Labute approximate surface area is 113 Å². The fourth-order valence-corrected chi connectivity index (χ4v) is 2.61. The van der Waals surface area contributed by atoms with Crippen molar-refractivity contribution in [1.82, 2.24) is 9.78 Å². The summed E-state index contributed by atoms with van der Waals surface area (Å²) in [6.45, 7) is 3.85. The number of rotatable bonds is 3. The van der Waals surface area contributed by atoms with E-state index >= 15 is 0 Å². The average Bonchev–Trinajstić information content (AvgIpc) is 2.66. The van der Waals surface area contributed by atoms with Crippen molar-refractivity contribution in [2.45, 2.75) is 24.8 Å². The highest BCUT2D eigenvalue weighted by atomic mass is 32.2. The molecular formula is C13H17N3O2S. The predicted octanol–water partition coefficient (Wildman–Crippen LogP) is 1.79. The van der Waals surface area contributed by atoms with Gasteiger partial charge in [0.1, 0.15) is 5.82 Å². The fourth-order valence-electron chi connectivity index (χ4n) is 1.98. The molecule has 6 heteroatoms. The maximum Gasteiger partial charge on any atom is 0.175 e. The van der Waals surface area contributed by atoms with Crippen molar-refractivity contribution in [2.24, 2.45) is 0 Å². The van der Waals surface area contributed by atoms with Crippen LogP contribution in [-0.2, 0) is 9.84 Å². The molecule has 0 aliphatic carbocycles. The van der Waals surface area contributed by atoms with E-state index in [1.165, 1.54) is 6.26 Å². The first-order valence-corrected chi connectivity index (χ1v) is 7.80. The molecule has 19 heavy (non-hydrogen) atoms. The SMILES string of the molecule is Cc1cc(N)n(C(C)c2ccc(S(C)(=O)=O)cc2)n1. The minimum Gasteiger partial charge on any atom is -0.384 e. The quantitative estimate of drug-likeness (QED) is 0.929. The summed E-state index contributed by atoms with van der Waals surface area (Å²) >= 11 is 0. The molecule has 0 spiro atoms. The van der Waals surface area contributed by atoms with E-state index in [0.29, 0.717) is 10.7 Å². The predicted molar refractivity (Wildman–Crippen MR) is 74.7 cm³/mol. The summed E-state index contributed by atoms with van der Waals surface area (Å²) < 4.78 is 24.5. The summed E-state index contributed by atoms with van der Waals surface area (Å²) in [5, 5.41) is 4.33. The molecule has 2 aromatic rings. The zero-order valence-corrected chi connectivity index (χ0v) is 12.0. The van der Waals surface area contributed by atoms with E-state index in [-0.39, 0.29) is 6.04 Å². The Hall–Kier alpha value is -1.82. The van der Waals surface area contributed by atoms with Crippen LogP contribution in [0.25, 0.3) is 0 Å². The van der Waals surface area contributed by atoms with Crippen LogP contribution in [0.2, 0.25) is 0 Å². The third-order valence-corrected chi connectivity index (χ3v) is 4.17. The zero-order chi connectivity index (χ0) is 14.2. The molecule has 2 N–H and O–H groups in total. The maximum absolute atomic E-state index is 11.4. The van der Waals surface area contributed by atoms with Crippen molar-refractivity contribution in [3.63, 3.8) is 0 Å². The number of nitrogens with two attached hydrogens (primary N) is 1. The normalized spacial score (nSPS) is 13.4. The Balaban J connectivity index is 2.35. The van der Waals surface area contributed by atoms with Crippen LogP contribution in [0, 0.1) is 6.92 Å². The number of anilines is 1. The number of hydrogen-bond acceptors (Lipinski definition) is 4. The molecule has 1 aromatic heterocycles. The molecule has 2 rings (SSSR count). The van der Waals surface area contributed by atoms with Crippen molar-refractivity contribution in [3.8, 4) is 0 Å². The minimum atomic E-state index is -3.16. The van der Waals surface area contributed by atoms with E-state index in [9.17, 15) is 8.42 Å². The molecule has 0 amide bonds. The molecular weight excluding hydrogens is 262 g/mol. The number of aromatic nitrogens is 2. The Kier molecular flexibility index (Phi) is 3.36. The number of nitrogens with zero attached hydrogens (tertiary/aromatic N) is 2. The number of hydrogen-bond donors (Lipinski definition) is 1. The smallest absolute Gasteiger partial charge is 0.175 e. The Morgan fingerprint density at radius 1 is 1.26 bits per heavy atom. The second-order valence-electron chi connectivity index (χ2n) is 4.67. The van der Waals surface area contributed by atoms with Crippen LogP contribution >= 0.6 is 0 Å². The molecule has 102 valence electrons. The van der Waals surface area contributed by atoms with E-state index in [4.69, 9.17) is 5.73 Å². The van der Waals surface area contributed by atoms with Gasteiger partial charge in [0.2, 0.25) is 0 Å². The molecule has 0 aliphatic heterocycles. The molecule has 0 radical (unpaired) electrons. The lowest BCUT2D eigenvalue weighted by Crippen LogP contribution is -2.11. The molecule has 1 aromatic carbocycles. The maximum atomic E-state index is 11.4. The van der Waals surface area contributed by atoms with Gasteiger partial charge in [-0.25, -0.2) is 13.1 Å². The first-order valence-electron chi connectivity index (χ1n) is 5.90. The summed E-state index contributed by atoms with van der Waals surface area (Å²) in [6, 6.07) is 8.56. The summed E-state index contributed by atoms with van der Waals surface area (Å²) in [5.74, 6) is 0.595. The van der Waals surface area contributed by atoms with Crippen LogP contribution in [0.5, 0.6) is 0 Å². The van der Waals surface area contributed by atoms with Gasteiger partial charge in [-0.15, -0.1) is 0 Å². The molecule has 0 saturated heterocycles. The second-order valence-corrected chi connectivity index (χ2v) is 6.69. The Bertz CT molecular complexity index is 687. The van der Waals surface area contributed by atoms with E-state index in [1.54, 1.807) is 35.0 Å². The second kappa shape index (κ2) is 4.70. The molecule has 1 unspecified atom stereocenters. The Morgan fingerprint density at radius 2 is 1.84 bits per heavy atom. The van der Waals surface area contributed by atoms with Crippen LogP contribution in [0.4, 0.5) is 5.82 Å². The molecule has 0 saturated carbocycles. The van der Waals surface area contributed by atoms with Crippen molar-refractivity contribution >= 4 is 15.7 Å². The summed E-state index contributed by atoms with van der Waals surface area (Å²) in [4.78, 5) is 0.313. The zero-order valence-electron chi connectivity index (χ0n) is 11.2. The van der Waals surface area contributed by atoms with Crippen LogP contribution < -0.4 is 5.73 Å². The van der Waals surface area contributed by atoms with Gasteiger partial charge in [0.05, 0.1) is 16.6 Å². The van der Waals surface area contributed by atoms with Gasteiger partial charge in [0, 0.05) is 12.3 Å². The van der Waals surface area contributed by atoms with Gasteiger partial charge in [0.25, 0.3) is 0 Å². The Morgan fingerprint density at radius 3 is 2.26 bits per heavy atom. The molecule has 0 aliphatic rings. The van der Waals surface area contributed by atoms with E-state index < -0.39 is 9.84 Å². The number of nitrogen functional groups attached to an aromatic ring is 1. The van der Waals surface area contributed by atoms with E-state index in [0.717, 1.165) is 11.3 Å². The molecule has 0 fully saturated rings. The molecule has 0 bridgehead atoms. The van der Waals surface area contributed by atoms with Crippen molar-refractivity contribution < 1.29 is 8.42 Å². The van der Waals surface area contributed by atoms with Crippen LogP contribution in [0.15, 0.2) is 35.2 Å². The number of sulfone groups is 1. The largest absolute Gasteiger partial charge is 0.384 e. The highest BCUT2D eigenvalue weighted by Crippen LogP contribution is 2.22. The standard InChI is InChI=1S/C13H17N3O2S/c1-9-8-13(14)16(15-9)10(2)11-4-6-12(7-5-11)19(3,17)18/h4-8,10H,14H2,1-3H3.